The summed E-state index contributed by atoms with van der Waals surface area (Å²) in [6.07, 6.45) is 1.81. The summed E-state index contributed by atoms with van der Waals surface area (Å²) < 4.78 is 6.79. The maximum absolute atomic E-state index is 6.14. The largest absolute Gasteiger partial charge is 0.459 e. The molecule has 1 unspecified atom stereocenters. The zero-order chi connectivity index (χ0) is 12.4. The zero-order valence-corrected chi connectivity index (χ0v) is 11.2. The fraction of sp³-hybridized carbons (Fsp3) is 0.154. The lowest BCUT2D eigenvalue weighted by Gasteiger charge is -2.05. The molecule has 3 rings (SSSR count). The van der Waals surface area contributed by atoms with Gasteiger partial charge in [0.05, 0.1) is 6.04 Å². The predicted molar refractivity (Wildman–Crippen MR) is 76.0 cm³/mol. The van der Waals surface area contributed by atoms with E-state index in [1.807, 2.05) is 35.7 Å². The Morgan fingerprint density at radius 2 is 2.28 bits per heavy atom. The molecule has 2 N–H and O–H groups in total. The number of hydrogen-bond acceptors (Lipinski definition) is 5. The highest BCUT2D eigenvalue weighted by molar-refractivity contribution is 8.01. The Labute approximate surface area is 113 Å². The molecular formula is C13H12N2OS2. The predicted octanol–water partition coefficient (Wildman–Crippen LogP) is 3.68. The Bertz CT molecular complexity index is 600. The van der Waals surface area contributed by atoms with Crippen LogP contribution in [0.4, 0.5) is 0 Å². The van der Waals surface area contributed by atoms with Gasteiger partial charge in [0, 0.05) is 22.7 Å². The molecular weight excluding hydrogens is 264 g/mol. The number of thiazole rings is 1. The number of rotatable bonds is 4. The Kier molecular flexibility index (Phi) is 3.36. The van der Waals surface area contributed by atoms with Gasteiger partial charge in [0.2, 0.25) is 0 Å². The molecule has 0 spiro atoms. The maximum Gasteiger partial charge on any atom is 0.149 e. The summed E-state index contributed by atoms with van der Waals surface area (Å²) in [6, 6.07) is 9.86. The van der Waals surface area contributed by atoms with Crippen molar-refractivity contribution in [2.24, 2.45) is 5.73 Å². The van der Waals surface area contributed by atoms with Crippen molar-refractivity contribution in [2.75, 3.05) is 5.75 Å². The van der Waals surface area contributed by atoms with E-state index in [-0.39, 0.29) is 6.04 Å². The summed E-state index contributed by atoms with van der Waals surface area (Å²) in [4.78, 5) is 4.22. The number of fused-ring (bicyclic) bond motifs is 1. The first kappa shape index (κ1) is 11.8. The molecule has 0 aliphatic heterocycles. The van der Waals surface area contributed by atoms with Crippen molar-refractivity contribution >= 4 is 34.1 Å². The van der Waals surface area contributed by atoms with E-state index in [1.54, 1.807) is 29.3 Å². The lowest BCUT2D eigenvalue weighted by atomic mass is 10.2. The highest BCUT2D eigenvalue weighted by Gasteiger charge is 2.12. The average Bonchev–Trinajstić information content (AvgIpc) is 3.04. The first-order chi connectivity index (χ1) is 8.83. The van der Waals surface area contributed by atoms with Crippen LogP contribution in [0.3, 0.4) is 0 Å². The second-order valence-corrected chi connectivity index (χ2v) is 6.06. The van der Waals surface area contributed by atoms with Gasteiger partial charge in [0.1, 0.15) is 15.7 Å². The number of hydrogen-bond donors (Lipinski definition) is 1. The van der Waals surface area contributed by atoms with Gasteiger partial charge in [-0.05, 0) is 12.1 Å². The summed E-state index contributed by atoms with van der Waals surface area (Å²) in [5.41, 5.74) is 7.03. The molecule has 2 heterocycles. The van der Waals surface area contributed by atoms with E-state index in [0.717, 1.165) is 26.8 Å². The molecule has 0 aliphatic carbocycles. The van der Waals surface area contributed by atoms with Gasteiger partial charge in [0.25, 0.3) is 0 Å². The minimum Gasteiger partial charge on any atom is -0.459 e. The minimum atomic E-state index is -0.105. The van der Waals surface area contributed by atoms with Gasteiger partial charge in [-0.25, -0.2) is 4.98 Å². The quantitative estimate of drug-likeness (QED) is 0.738. The summed E-state index contributed by atoms with van der Waals surface area (Å²) in [7, 11) is 0. The van der Waals surface area contributed by atoms with Crippen molar-refractivity contribution in [1.82, 2.24) is 4.98 Å². The van der Waals surface area contributed by atoms with Gasteiger partial charge in [-0.2, -0.15) is 0 Å². The van der Waals surface area contributed by atoms with E-state index < -0.39 is 0 Å². The number of nitrogens with two attached hydrogens (primary N) is 1. The van der Waals surface area contributed by atoms with E-state index in [2.05, 4.69) is 4.98 Å². The van der Waals surface area contributed by atoms with Crippen LogP contribution >= 0.6 is 23.1 Å². The van der Waals surface area contributed by atoms with Gasteiger partial charge >= 0.3 is 0 Å². The number of thioether (sulfide) groups is 1. The summed E-state index contributed by atoms with van der Waals surface area (Å²) >= 11 is 3.29. The molecule has 0 radical (unpaired) electrons. The van der Waals surface area contributed by atoms with Crippen molar-refractivity contribution in [3.63, 3.8) is 0 Å². The van der Waals surface area contributed by atoms with E-state index in [9.17, 15) is 0 Å². The van der Waals surface area contributed by atoms with Gasteiger partial charge in [-0.15, -0.1) is 11.3 Å². The minimum absolute atomic E-state index is 0.105. The smallest absolute Gasteiger partial charge is 0.149 e. The molecule has 0 aliphatic rings. The van der Waals surface area contributed by atoms with Gasteiger partial charge in [-0.3, -0.25) is 0 Å². The van der Waals surface area contributed by atoms with E-state index in [1.165, 1.54) is 0 Å². The standard InChI is InChI=1S/C13H12N2OS2/c14-10(8-18-13-15-5-6-17-13)12-7-9-3-1-2-4-11(9)16-12/h1-7,10H,8,14H2. The van der Waals surface area contributed by atoms with Crippen LogP contribution in [0.25, 0.3) is 11.0 Å². The van der Waals surface area contributed by atoms with Crippen LogP contribution in [0, 0.1) is 0 Å². The number of furan rings is 1. The van der Waals surface area contributed by atoms with Gasteiger partial charge in [0.15, 0.2) is 0 Å². The molecule has 18 heavy (non-hydrogen) atoms. The molecule has 0 saturated carbocycles. The third kappa shape index (κ3) is 2.43. The number of aromatic nitrogens is 1. The van der Waals surface area contributed by atoms with Crippen LogP contribution in [-0.4, -0.2) is 10.7 Å². The van der Waals surface area contributed by atoms with Crippen molar-refractivity contribution in [1.29, 1.82) is 0 Å². The van der Waals surface area contributed by atoms with Crippen molar-refractivity contribution in [2.45, 2.75) is 10.4 Å². The molecule has 1 aromatic carbocycles. The summed E-state index contributed by atoms with van der Waals surface area (Å²) in [5.74, 6) is 1.60. The van der Waals surface area contributed by atoms with Crippen LogP contribution in [0.5, 0.6) is 0 Å². The number of nitrogens with zero attached hydrogens (tertiary/aromatic N) is 1. The molecule has 3 nitrogen and oxygen atoms in total. The normalized spacial score (nSPS) is 12.9. The molecule has 5 heteroatoms. The average molecular weight is 276 g/mol. The van der Waals surface area contributed by atoms with Crippen LogP contribution in [-0.2, 0) is 0 Å². The lowest BCUT2D eigenvalue weighted by Crippen LogP contribution is -2.11. The Morgan fingerprint density at radius 1 is 1.39 bits per heavy atom. The first-order valence-corrected chi connectivity index (χ1v) is 7.46. The lowest BCUT2D eigenvalue weighted by molar-refractivity contribution is 0.516. The maximum atomic E-state index is 6.14. The Hall–Kier alpha value is -1.30. The second-order valence-electron chi connectivity index (χ2n) is 3.90. The number of para-hydroxylation sites is 1. The van der Waals surface area contributed by atoms with Crippen LogP contribution in [0.15, 0.2) is 50.7 Å². The molecule has 0 amide bonds. The van der Waals surface area contributed by atoms with Crippen LogP contribution in [0.1, 0.15) is 11.8 Å². The van der Waals surface area contributed by atoms with Crippen LogP contribution < -0.4 is 5.73 Å². The van der Waals surface area contributed by atoms with E-state index in [4.69, 9.17) is 10.2 Å². The van der Waals surface area contributed by atoms with Gasteiger partial charge < -0.3 is 10.2 Å². The van der Waals surface area contributed by atoms with Gasteiger partial charge in [-0.1, -0.05) is 30.0 Å². The van der Waals surface area contributed by atoms with Crippen molar-refractivity contribution in [3.8, 4) is 0 Å². The Balaban J connectivity index is 1.73. The van der Waals surface area contributed by atoms with E-state index in [0.29, 0.717) is 0 Å². The second kappa shape index (κ2) is 5.14. The Morgan fingerprint density at radius 3 is 3.06 bits per heavy atom. The number of benzene rings is 1. The SMILES string of the molecule is NC(CSc1nccs1)c1cc2ccccc2o1. The molecule has 1 atom stereocenters. The fourth-order valence-electron chi connectivity index (χ4n) is 1.71. The summed E-state index contributed by atoms with van der Waals surface area (Å²) in [5, 5.41) is 3.07. The first-order valence-electron chi connectivity index (χ1n) is 5.59. The third-order valence-corrected chi connectivity index (χ3v) is 4.69. The van der Waals surface area contributed by atoms with Crippen LogP contribution in [0.2, 0.25) is 0 Å². The molecule has 0 saturated heterocycles. The zero-order valence-electron chi connectivity index (χ0n) is 9.58. The van der Waals surface area contributed by atoms with Crippen molar-refractivity contribution < 1.29 is 4.42 Å². The molecule has 0 bridgehead atoms. The third-order valence-electron chi connectivity index (χ3n) is 2.61. The monoisotopic (exact) mass is 276 g/mol. The molecule has 3 aromatic rings. The molecule has 2 aromatic heterocycles. The fourth-order valence-corrected chi connectivity index (χ4v) is 3.33. The van der Waals surface area contributed by atoms with E-state index >= 15 is 0 Å². The molecule has 92 valence electrons. The highest BCUT2D eigenvalue weighted by atomic mass is 32.2. The topological polar surface area (TPSA) is 52.0 Å². The summed E-state index contributed by atoms with van der Waals surface area (Å²) in [6.45, 7) is 0. The molecule has 0 fully saturated rings. The van der Waals surface area contributed by atoms with Crippen molar-refractivity contribution in [3.05, 3.63) is 47.7 Å². The highest BCUT2D eigenvalue weighted by Crippen LogP contribution is 2.28.